The number of hydrogen-bond donors (Lipinski definition) is 2. The van der Waals surface area contributed by atoms with Gasteiger partial charge in [-0.05, 0) is 43.2 Å². The molecule has 1 aromatic heterocycles. The number of nitrogens with zero attached hydrogens (tertiary/aromatic N) is 2. The molecule has 1 atom stereocenters. The van der Waals surface area contributed by atoms with Gasteiger partial charge in [-0.1, -0.05) is 12.1 Å². The summed E-state index contributed by atoms with van der Waals surface area (Å²) in [6.45, 7) is 3.46. The van der Waals surface area contributed by atoms with Crippen molar-refractivity contribution in [2.75, 3.05) is 5.73 Å². The second kappa shape index (κ2) is 5.64. The number of nitrogens with two attached hydrogens (primary N) is 1. The Labute approximate surface area is 116 Å². The molecular formula is C14H15FN4O. The minimum absolute atomic E-state index is 0.165. The van der Waals surface area contributed by atoms with E-state index in [9.17, 15) is 9.18 Å². The number of carbonyl (C=O) groups is 1. The summed E-state index contributed by atoms with van der Waals surface area (Å²) in [4.78, 5) is 11.9. The molecule has 2 aromatic rings. The molecule has 6 heteroatoms. The Morgan fingerprint density at radius 2 is 2.05 bits per heavy atom. The molecule has 5 nitrogen and oxygen atoms in total. The number of nitrogen functional groups attached to an aromatic ring is 1. The van der Waals surface area contributed by atoms with E-state index in [4.69, 9.17) is 5.73 Å². The first kappa shape index (κ1) is 13.9. The lowest BCUT2D eigenvalue weighted by Gasteiger charge is -2.14. The first-order chi connectivity index (χ1) is 9.47. The van der Waals surface area contributed by atoms with Crippen LogP contribution in [0.2, 0.25) is 0 Å². The Kier molecular flexibility index (Phi) is 3.93. The van der Waals surface area contributed by atoms with E-state index in [2.05, 4.69) is 15.5 Å². The molecule has 1 unspecified atom stereocenters. The van der Waals surface area contributed by atoms with Crippen molar-refractivity contribution in [3.63, 3.8) is 0 Å². The molecule has 20 heavy (non-hydrogen) atoms. The highest BCUT2D eigenvalue weighted by Crippen LogP contribution is 2.16. The molecule has 0 bridgehead atoms. The number of halogens is 1. The standard InChI is InChI=1S/C14H15FN4O/c1-8-3-4-10(7-11(8)15)9(2)17-14(20)12-5-6-13(16)19-18-12/h3-7,9H,1-2H3,(H2,16,19)(H,17,20). The van der Waals surface area contributed by atoms with Crippen LogP contribution < -0.4 is 11.1 Å². The number of nitrogens with one attached hydrogen (secondary N) is 1. The van der Waals surface area contributed by atoms with Crippen molar-refractivity contribution in [1.29, 1.82) is 0 Å². The van der Waals surface area contributed by atoms with Crippen LogP contribution in [0.4, 0.5) is 10.2 Å². The molecule has 3 N–H and O–H groups in total. The minimum Gasteiger partial charge on any atom is -0.382 e. The lowest BCUT2D eigenvalue weighted by Crippen LogP contribution is -2.27. The van der Waals surface area contributed by atoms with Gasteiger partial charge >= 0.3 is 0 Å². The van der Waals surface area contributed by atoms with E-state index in [0.717, 1.165) is 0 Å². The van der Waals surface area contributed by atoms with Crippen LogP contribution in [0.25, 0.3) is 0 Å². The van der Waals surface area contributed by atoms with Gasteiger partial charge in [0.25, 0.3) is 5.91 Å². The maximum Gasteiger partial charge on any atom is 0.272 e. The Morgan fingerprint density at radius 1 is 1.30 bits per heavy atom. The lowest BCUT2D eigenvalue weighted by molar-refractivity contribution is 0.0934. The molecule has 2 rings (SSSR count). The molecule has 0 saturated carbocycles. The summed E-state index contributed by atoms with van der Waals surface area (Å²) >= 11 is 0. The van der Waals surface area contributed by atoms with Crippen molar-refractivity contribution in [3.8, 4) is 0 Å². The van der Waals surface area contributed by atoms with Crippen LogP contribution in [0.3, 0.4) is 0 Å². The Hall–Kier alpha value is -2.50. The van der Waals surface area contributed by atoms with Crippen LogP contribution in [0, 0.1) is 12.7 Å². The monoisotopic (exact) mass is 274 g/mol. The zero-order valence-corrected chi connectivity index (χ0v) is 11.2. The van der Waals surface area contributed by atoms with Gasteiger partial charge in [-0.15, -0.1) is 10.2 Å². The fraction of sp³-hybridized carbons (Fsp3) is 0.214. The molecule has 0 spiro atoms. The van der Waals surface area contributed by atoms with Gasteiger partial charge in [0.05, 0.1) is 6.04 Å². The molecule has 0 aliphatic rings. The summed E-state index contributed by atoms with van der Waals surface area (Å²) in [7, 11) is 0. The highest BCUT2D eigenvalue weighted by Gasteiger charge is 2.13. The van der Waals surface area contributed by atoms with Crippen molar-refractivity contribution < 1.29 is 9.18 Å². The molecular weight excluding hydrogens is 259 g/mol. The molecule has 0 aliphatic heterocycles. The van der Waals surface area contributed by atoms with E-state index in [0.29, 0.717) is 11.1 Å². The largest absolute Gasteiger partial charge is 0.382 e. The van der Waals surface area contributed by atoms with Crippen LogP contribution >= 0.6 is 0 Å². The van der Waals surface area contributed by atoms with Crippen molar-refractivity contribution in [2.24, 2.45) is 0 Å². The van der Waals surface area contributed by atoms with Crippen molar-refractivity contribution in [1.82, 2.24) is 15.5 Å². The van der Waals surface area contributed by atoms with E-state index < -0.39 is 0 Å². The summed E-state index contributed by atoms with van der Waals surface area (Å²) < 4.78 is 13.5. The molecule has 1 heterocycles. The van der Waals surface area contributed by atoms with Crippen LogP contribution in [0.1, 0.15) is 34.6 Å². The second-order valence-electron chi connectivity index (χ2n) is 4.55. The van der Waals surface area contributed by atoms with Gasteiger partial charge in [-0.25, -0.2) is 4.39 Å². The van der Waals surface area contributed by atoms with E-state index in [1.165, 1.54) is 18.2 Å². The number of amides is 1. The zero-order chi connectivity index (χ0) is 14.7. The third-order valence-corrected chi connectivity index (χ3v) is 2.96. The van der Waals surface area contributed by atoms with Gasteiger partial charge in [-0.3, -0.25) is 4.79 Å². The lowest BCUT2D eigenvalue weighted by atomic mass is 10.1. The third-order valence-electron chi connectivity index (χ3n) is 2.96. The highest BCUT2D eigenvalue weighted by atomic mass is 19.1. The van der Waals surface area contributed by atoms with Gasteiger partial charge < -0.3 is 11.1 Å². The average Bonchev–Trinajstić information content (AvgIpc) is 2.42. The first-order valence-electron chi connectivity index (χ1n) is 6.13. The summed E-state index contributed by atoms with van der Waals surface area (Å²) in [6.07, 6.45) is 0. The first-order valence-corrected chi connectivity index (χ1v) is 6.13. The molecule has 1 aromatic carbocycles. The predicted octanol–water partition coefficient (Wildman–Crippen LogP) is 2.00. The summed E-state index contributed by atoms with van der Waals surface area (Å²) in [5, 5.41) is 10.0. The van der Waals surface area contributed by atoms with E-state index in [-0.39, 0.29) is 29.3 Å². The summed E-state index contributed by atoms with van der Waals surface area (Å²) in [6, 6.07) is 7.51. The van der Waals surface area contributed by atoms with E-state index in [1.807, 2.05) is 0 Å². The van der Waals surface area contributed by atoms with E-state index in [1.54, 1.807) is 26.0 Å². The van der Waals surface area contributed by atoms with Crippen molar-refractivity contribution in [2.45, 2.75) is 19.9 Å². The number of benzene rings is 1. The van der Waals surface area contributed by atoms with Crippen LogP contribution in [0.5, 0.6) is 0 Å². The Bertz CT molecular complexity index is 628. The Morgan fingerprint density at radius 3 is 2.65 bits per heavy atom. The summed E-state index contributed by atoms with van der Waals surface area (Å²) in [5.41, 5.74) is 6.82. The quantitative estimate of drug-likeness (QED) is 0.897. The molecule has 104 valence electrons. The summed E-state index contributed by atoms with van der Waals surface area (Å²) in [5.74, 6) is -0.433. The molecule has 0 radical (unpaired) electrons. The maximum atomic E-state index is 13.5. The van der Waals surface area contributed by atoms with E-state index >= 15 is 0 Å². The molecule has 1 amide bonds. The van der Waals surface area contributed by atoms with Crippen LogP contribution in [-0.2, 0) is 0 Å². The van der Waals surface area contributed by atoms with Crippen molar-refractivity contribution >= 4 is 11.7 Å². The van der Waals surface area contributed by atoms with Gasteiger partial charge in [0.1, 0.15) is 11.6 Å². The smallest absolute Gasteiger partial charge is 0.272 e. The fourth-order valence-electron chi connectivity index (χ4n) is 1.70. The van der Waals surface area contributed by atoms with Gasteiger partial charge in [0, 0.05) is 0 Å². The highest BCUT2D eigenvalue weighted by molar-refractivity contribution is 5.92. The number of carbonyl (C=O) groups excluding carboxylic acids is 1. The average molecular weight is 274 g/mol. The van der Waals surface area contributed by atoms with Gasteiger partial charge in [0.15, 0.2) is 5.69 Å². The number of anilines is 1. The number of aryl methyl sites for hydroxylation is 1. The van der Waals surface area contributed by atoms with Crippen LogP contribution in [-0.4, -0.2) is 16.1 Å². The van der Waals surface area contributed by atoms with Gasteiger partial charge in [0.2, 0.25) is 0 Å². The minimum atomic E-state index is -0.383. The predicted molar refractivity (Wildman–Crippen MR) is 73.5 cm³/mol. The third kappa shape index (κ3) is 3.09. The molecule has 0 aliphatic carbocycles. The molecule has 0 fully saturated rings. The number of rotatable bonds is 3. The number of aromatic nitrogens is 2. The van der Waals surface area contributed by atoms with Gasteiger partial charge in [-0.2, -0.15) is 0 Å². The Balaban J connectivity index is 2.10. The number of hydrogen-bond acceptors (Lipinski definition) is 4. The molecule has 0 saturated heterocycles. The SMILES string of the molecule is Cc1ccc(C(C)NC(=O)c2ccc(N)nn2)cc1F. The van der Waals surface area contributed by atoms with Crippen molar-refractivity contribution in [3.05, 3.63) is 53.0 Å². The maximum absolute atomic E-state index is 13.5. The van der Waals surface area contributed by atoms with Crippen LogP contribution in [0.15, 0.2) is 30.3 Å². The topological polar surface area (TPSA) is 80.9 Å². The zero-order valence-electron chi connectivity index (χ0n) is 11.2. The fourth-order valence-corrected chi connectivity index (χ4v) is 1.70. The second-order valence-corrected chi connectivity index (χ2v) is 4.55. The normalized spacial score (nSPS) is 11.9.